The molecule has 0 bridgehead atoms. The molecule has 0 aromatic carbocycles. The summed E-state index contributed by atoms with van der Waals surface area (Å²) >= 11 is 0. The quantitative estimate of drug-likeness (QED) is 0.697. The van der Waals surface area contributed by atoms with Gasteiger partial charge in [0.15, 0.2) is 0 Å². The molecule has 1 aliphatic heterocycles. The lowest BCUT2D eigenvalue weighted by Crippen LogP contribution is -2.32. The van der Waals surface area contributed by atoms with E-state index in [2.05, 4.69) is 17.1 Å². The molecule has 1 unspecified atom stereocenters. The molecular formula is C12H24N2. The summed E-state index contributed by atoms with van der Waals surface area (Å²) in [5, 5.41) is 3.54. The zero-order chi connectivity index (χ0) is 9.80. The highest BCUT2D eigenvalue weighted by molar-refractivity contribution is 4.81. The van der Waals surface area contributed by atoms with E-state index in [-0.39, 0.29) is 0 Å². The van der Waals surface area contributed by atoms with Gasteiger partial charge in [-0.3, -0.25) is 0 Å². The second kappa shape index (κ2) is 5.13. The van der Waals surface area contributed by atoms with Crippen LogP contribution in [-0.2, 0) is 0 Å². The summed E-state index contributed by atoms with van der Waals surface area (Å²) in [6, 6.07) is 0.779. The Balaban J connectivity index is 1.53. The molecule has 1 atom stereocenters. The van der Waals surface area contributed by atoms with Gasteiger partial charge in [0.2, 0.25) is 0 Å². The molecule has 2 aliphatic rings. The number of nitrogens with zero attached hydrogens (tertiary/aromatic N) is 1. The van der Waals surface area contributed by atoms with Crippen molar-refractivity contribution in [2.24, 2.45) is 5.92 Å². The fraction of sp³-hybridized carbons (Fsp3) is 1.00. The lowest BCUT2D eigenvalue weighted by Gasteiger charge is -2.15. The Labute approximate surface area is 88.1 Å². The Morgan fingerprint density at radius 3 is 2.86 bits per heavy atom. The van der Waals surface area contributed by atoms with Crippen LogP contribution in [0.1, 0.15) is 39.0 Å². The van der Waals surface area contributed by atoms with Crippen LogP contribution in [0.15, 0.2) is 0 Å². The minimum Gasteiger partial charge on any atom is -0.313 e. The van der Waals surface area contributed by atoms with Gasteiger partial charge in [-0.25, -0.2) is 0 Å². The Morgan fingerprint density at radius 1 is 1.29 bits per heavy atom. The zero-order valence-electron chi connectivity index (χ0n) is 9.47. The first-order valence-electron chi connectivity index (χ1n) is 6.34. The van der Waals surface area contributed by atoms with Gasteiger partial charge in [0.1, 0.15) is 0 Å². The molecule has 82 valence electrons. The maximum atomic E-state index is 3.54. The van der Waals surface area contributed by atoms with Gasteiger partial charge < -0.3 is 10.2 Å². The van der Waals surface area contributed by atoms with E-state index in [0.29, 0.717) is 0 Å². The molecular weight excluding hydrogens is 172 g/mol. The van der Waals surface area contributed by atoms with Crippen LogP contribution in [0.25, 0.3) is 0 Å². The van der Waals surface area contributed by atoms with E-state index in [4.69, 9.17) is 0 Å². The van der Waals surface area contributed by atoms with Crippen molar-refractivity contribution in [3.63, 3.8) is 0 Å². The summed E-state index contributed by atoms with van der Waals surface area (Å²) in [5.74, 6) is 1.11. The van der Waals surface area contributed by atoms with E-state index in [1.807, 2.05) is 0 Å². The third-order valence-electron chi connectivity index (χ3n) is 3.55. The van der Waals surface area contributed by atoms with Gasteiger partial charge in [-0.2, -0.15) is 0 Å². The first-order chi connectivity index (χ1) is 6.88. The standard InChI is InChI=1S/C12H24N2/c1-2-13-12-7-9-14(10-12)8-3-4-11-5-6-11/h11-13H,2-10H2,1H3. The van der Waals surface area contributed by atoms with Crippen LogP contribution in [0.2, 0.25) is 0 Å². The highest BCUT2D eigenvalue weighted by Crippen LogP contribution is 2.33. The van der Waals surface area contributed by atoms with Crippen LogP contribution < -0.4 is 5.32 Å². The molecule has 1 aliphatic carbocycles. The van der Waals surface area contributed by atoms with E-state index in [1.165, 1.54) is 51.7 Å². The number of hydrogen-bond donors (Lipinski definition) is 1. The maximum absolute atomic E-state index is 3.54. The van der Waals surface area contributed by atoms with E-state index < -0.39 is 0 Å². The first kappa shape index (κ1) is 10.4. The Hall–Kier alpha value is -0.0800. The summed E-state index contributed by atoms with van der Waals surface area (Å²) < 4.78 is 0. The van der Waals surface area contributed by atoms with Gasteiger partial charge in [0.25, 0.3) is 0 Å². The SMILES string of the molecule is CCNC1CCN(CCCC2CC2)C1. The molecule has 1 saturated heterocycles. The predicted molar refractivity (Wildman–Crippen MR) is 60.5 cm³/mol. The average Bonchev–Trinajstić information content (AvgIpc) is 2.88. The van der Waals surface area contributed by atoms with Crippen LogP contribution in [0, 0.1) is 5.92 Å². The molecule has 1 saturated carbocycles. The topological polar surface area (TPSA) is 15.3 Å². The van der Waals surface area contributed by atoms with Gasteiger partial charge >= 0.3 is 0 Å². The number of likely N-dealkylation sites (N-methyl/N-ethyl adjacent to an activating group) is 1. The third-order valence-corrected chi connectivity index (χ3v) is 3.55. The third kappa shape index (κ3) is 3.25. The van der Waals surface area contributed by atoms with Gasteiger partial charge in [0, 0.05) is 12.6 Å². The fourth-order valence-electron chi connectivity index (χ4n) is 2.50. The Kier molecular flexibility index (Phi) is 3.82. The van der Waals surface area contributed by atoms with E-state index >= 15 is 0 Å². The molecule has 1 N–H and O–H groups in total. The molecule has 0 amide bonds. The number of hydrogen-bond acceptors (Lipinski definition) is 2. The van der Waals surface area contributed by atoms with Crippen molar-refractivity contribution in [1.82, 2.24) is 10.2 Å². The van der Waals surface area contributed by atoms with Gasteiger partial charge in [-0.15, -0.1) is 0 Å². The number of rotatable bonds is 6. The zero-order valence-corrected chi connectivity index (χ0v) is 9.47. The molecule has 2 nitrogen and oxygen atoms in total. The van der Waals surface area contributed by atoms with Gasteiger partial charge in [-0.1, -0.05) is 19.8 Å². The lowest BCUT2D eigenvalue weighted by molar-refractivity contribution is 0.317. The molecule has 2 heteroatoms. The smallest absolute Gasteiger partial charge is 0.0207 e. The Bertz CT molecular complexity index is 166. The summed E-state index contributed by atoms with van der Waals surface area (Å²) in [7, 11) is 0. The molecule has 1 heterocycles. The predicted octanol–water partition coefficient (Wildman–Crippen LogP) is 1.86. The minimum atomic E-state index is 0.779. The molecule has 0 aromatic rings. The molecule has 14 heavy (non-hydrogen) atoms. The van der Waals surface area contributed by atoms with E-state index in [1.54, 1.807) is 0 Å². The maximum Gasteiger partial charge on any atom is 0.0207 e. The average molecular weight is 196 g/mol. The highest BCUT2D eigenvalue weighted by Gasteiger charge is 2.23. The monoisotopic (exact) mass is 196 g/mol. The van der Waals surface area contributed by atoms with Crippen molar-refractivity contribution in [1.29, 1.82) is 0 Å². The molecule has 2 fully saturated rings. The molecule has 2 rings (SSSR count). The summed E-state index contributed by atoms with van der Waals surface area (Å²) in [6.07, 6.45) is 7.31. The van der Waals surface area contributed by atoms with Crippen LogP contribution in [-0.4, -0.2) is 37.1 Å². The van der Waals surface area contributed by atoms with Crippen molar-refractivity contribution in [3.05, 3.63) is 0 Å². The van der Waals surface area contributed by atoms with Crippen LogP contribution in [0.5, 0.6) is 0 Å². The van der Waals surface area contributed by atoms with Crippen LogP contribution >= 0.6 is 0 Å². The van der Waals surface area contributed by atoms with Gasteiger partial charge in [0.05, 0.1) is 0 Å². The molecule has 0 spiro atoms. The molecule has 0 radical (unpaired) electrons. The van der Waals surface area contributed by atoms with Crippen molar-refractivity contribution in [2.45, 2.75) is 45.1 Å². The van der Waals surface area contributed by atoms with Crippen molar-refractivity contribution >= 4 is 0 Å². The summed E-state index contributed by atoms with van der Waals surface area (Å²) in [5.41, 5.74) is 0. The van der Waals surface area contributed by atoms with Crippen LogP contribution in [0.3, 0.4) is 0 Å². The van der Waals surface area contributed by atoms with Gasteiger partial charge in [-0.05, 0) is 44.8 Å². The normalized spacial score (nSPS) is 28.5. The second-order valence-electron chi connectivity index (χ2n) is 4.93. The van der Waals surface area contributed by atoms with Crippen LogP contribution in [0.4, 0.5) is 0 Å². The largest absolute Gasteiger partial charge is 0.313 e. The van der Waals surface area contributed by atoms with Crippen molar-refractivity contribution in [3.8, 4) is 0 Å². The number of likely N-dealkylation sites (tertiary alicyclic amines) is 1. The highest BCUT2D eigenvalue weighted by atomic mass is 15.2. The minimum absolute atomic E-state index is 0.779. The lowest BCUT2D eigenvalue weighted by atomic mass is 10.2. The first-order valence-corrected chi connectivity index (χ1v) is 6.34. The number of nitrogens with one attached hydrogen (secondary N) is 1. The second-order valence-corrected chi connectivity index (χ2v) is 4.93. The molecule has 0 aromatic heterocycles. The van der Waals surface area contributed by atoms with E-state index in [9.17, 15) is 0 Å². The van der Waals surface area contributed by atoms with Crippen molar-refractivity contribution < 1.29 is 0 Å². The fourth-order valence-corrected chi connectivity index (χ4v) is 2.50. The van der Waals surface area contributed by atoms with Crippen molar-refractivity contribution in [2.75, 3.05) is 26.2 Å². The summed E-state index contributed by atoms with van der Waals surface area (Å²) in [6.45, 7) is 7.29. The van der Waals surface area contributed by atoms with E-state index in [0.717, 1.165) is 18.5 Å². The Morgan fingerprint density at radius 2 is 2.14 bits per heavy atom. The summed E-state index contributed by atoms with van der Waals surface area (Å²) in [4.78, 5) is 2.63.